The molecule has 0 atom stereocenters. The van der Waals surface area contributed by atoms with Gasteiger partial charge in [-0.1, -0.05) is 18.2 Å². The van der Waals surface area contributed by atoms with Crippen molar-refractivity contribution >= 4 is 29.9 Å². The first-order valence-electron chi connectivity index (χ1n) is 8.97. The van der Waals surface area contributed by atoms with E-state index >= 15 is 0 Å². The van der Waals surface area contributed by atoms with E-state index in [1.54, 1.807) is 20.4 Å². The number of methoxy groups -OCH3 is 2. The molecule has 0 saturated carbocycles. The average Bonchev–Trinajstić information content (AvgIpc) is 2.71. The van der Waals surface area contributed by atoms with Gasteiger partial charge in [-0.3, -0.25) is 0 Å². The molecule has 154 valence electrons. The van der Waals surface area contributed by atoms with Crippen LogP contribution in [0.1, 0.15) is 18.1 Å². The van der Waals surface area contributed by atoms with E-state index in [0.29, 0.717) is 32.2 Å². The number of nitrogens with one attached hydrogen (secondary N) is 2. The van der Waals surface area contributed by atoms with Crippen LogP contribution in [0.3, 0.4) is 0 Å². The van der Waals surface area contributed by atoms with E-state index in [4.69, 9.17) is 14.2 Å². The van der Waals surface area contributed by atoms with E-state index in [-0.39, 0.29) is 24.0 Å². The normalized spacial score (nSPS) is 10.8. The Balaban J connectivity index is 0.00000392. The first-order valence-corrected chi connectivity index (χ1v) is 8.97. The molecule has 7 nitrogen and oxygen atoms in total. The van der Waals surface area contributed by atoms with Crippen LogP contribution in [0.5, 0.6) is 11.6 Å². The largest absolute Gasteiger partial charge is 0.497 e. The van der Waals surface area contributed by atoms with Crippen molar-refractivity contribution in [3.63, 3.8) is 0 Å². The Hall–Kier alpha value is -2.07. The van der Waals surface area contributed by atoms with Gasteiger partial charge in [0.25, 0.3) is 0 Å². The number of pyridine rings is 1. The van der Waals surface area contributed by atoms with Crippen molar-refractivity contribution in [3.8, 4) is 11.6 Å². The fraction of sp³-hybridized carbons (Fsp3) is 0.400. The molecule has 0 amide bonds. The third-order valence-corrected chi connectivity index (χ3v) is 3.72. The van der Waals surface area contributed by atoms with Crippen molar-refractivity contribution in [1.82, 2.24) is 15.6 Å². The van der Waals surface area contributed by atoms with Gasteiger partial charge in [-0.15, -0.1) is 24.0 Å². The molecular weight excluding hydrogens is 471 g/mol. The van der Waals surface area contributed by atoms with Crippen LogP contribution in [0.4, 0.5) is 0 Å². The second-order valence-corrected chi connectivity index (χ2v) is 5.74. The van der Waals surface area contributed by atoms with Gasteiger partial charge < -0.3 is 24.8 Å². The Kier molecular flexibility index (Phi) is 12.0. The van der Waals surface area contributed by atoms with E-state index < -0.39 is 0 Å². The minimum absolute atomic E-state index is 0. The van der Waals surface area contributed by atoms with Gasteiger partial charge in [-0.2, -0.15) is 0 Å². The molecule has 0 aliphatic carbocycles. The van der Waals surface area contributed by atoms with Gasteiger partial charge in [0.1, 0.15) is 12.4 Å². The standard InChI is InChI=1S/C20H28N4O3.HI/c1-4-21-20(23-13-16-5-8-18(26-3)9-6-16)24-15-17-7-10-19(22-14-17)27-12-11-25-2;/h5-10,14H,4,11-13,15H2,1-3H3,(H2,21,23,24);1H. The van der Waals surface area contributed by atoms with Gasteiger partial charge in [0, 0.05) is 32.5 Å². The monoisotopic (exact) mass is 500 g/mol. The second kappa shape index (κ2) is 14.0. The van der Waals surface area contributed by atoms with Crippen molar-refractivity contribution in [2.24, 2.45) is 4.99 Å². The molecule has 0 unspecified atom stereocenters. The van der Waals surface area contributed by atoms with Crippen molar-refractivity contribution < 1.29 is 14.2 Å². The lowest BCUT2D eigenvalue weighted by atomic mass is 10.2. The van der Waals surface area contributed by atoms with Crippen molar-refractivity contribution in [2.45, 2.75) is 20.0 Å². The molecule has 0 radical (unpaired) electrons. The maximum Gasteiger partial charge on any atom is 0.213 e. The molecule has 0 aliphatic rings. The number of ether oxygens (including phenoxy) is 3. The summed E-state index contributed by atoms with van der Waals surface area (Å²) in [5, 5.41) is 6.58. The van der Waals surface area contributed by atoms with E-state index in [0.717, 1.165) is 29.4 Å². The lowest BCUT2D eigenvalue weighted by Crippen LogP contribution is -2.36. The predicted molar refractivity (Wildman–Crippen MR) is 122 cm³/mol. The van der Waals surface area contributed by atoms with Crippen LogP contribution < -0.4 is 20.1 Å². The molecule has 1 heterocycles. The SMILES string of the molecule is CCNC(=NCc1ccc(OCCOC)nc1)NCc1ccc(OC)cc1.I. The Morgan fingerprint density at radius 3 is 2.36 bits per heavy atom. The van der Waals surface area contributed by atoms with E-state index in [1.807, 2.05) is 43.3 Å². The Labute approximate surface area is 183 Å². The van der Waals surface area contributed by atoms with Crippen molar-refractivity contribution in [2.75, 3.05) is 34.0 Å². The Bertz CT molecular complexity index is 694. The van der Waals surface area contributed by atoms with E-state index in [2.05, 4.69) is 20.6 Å². The molecule has 0 fully saturated rings. The van der Waals surface area contributed by atoms with Gasteiger partial charge in [0.2, 0.25) is 5.88 Å². The number of hydrogen-bond donors (Lipinski definition) is 2. The molecule has 1 aromatic carbocycles. The zero-order valence-electron chi connectivity index (χ0n) is 16.6. The third-order valence-electron chi connectivity index (χ3n) is 3.72. The molecule has 0 bridgehead atoms. The topological polar surface area (TPSA) is 77.0 Å². The van der Waals surface area contributed by atoms with Crippen LogP contribution in [-0.4, -0.2) is 44.9 Å². The molecule has 2 rings (SSSR count). The quantitative estimate of drug-likeness (QED) is 0.226. The van der Waals surface area contributed by atoms with Gasteiger partial charge in [-0.05, 0) is 30.2 Å². The summed E-state index contributed by atoms with van der Waals surface area (Å²) in [6.45, 7) is 5.07. The predicted octanol–water partition coefficient (Wildman–Crippen LogP) is 2.99. The summed E-state index contributed by atoms with van der Waals surface area (Å²) in [6, 6.07) is 11.8. The minimum Gasteiger partial charge on any atom is -0.497 e. The Morgan fingerprint density at radius 2 is 1.75 bits per heavy atom. The minimum atomic E-state index is 0. The lowest BCUT2D eigenvalue weighted by molar-refractivity contribution is 0.143. The first-order chi connectivity index (χ1) is 13.2. The molecule has 8 heteroatoms. The summed E-state index contributed by atoms with van der Waals surface area (Å²) >= 11 is 0. The summed E-state index contributed by atoms with van der Waals surface area (Å²) in [5.74, 6) is 2.19. The van der Waals surface area contributed by atoms with Crippen LogP contribution >= 0.6 is 24.0 Å². The van der Waals surface area contributed by atoms with Gasteiger partial charge in [0.05, 0.1) is 20.3 Å². The zero-order valence-corrected chi connectivity index (χ0v) is 18.9. The smallest absolute Gasteiger partial charge is 0.213 e. The number of aromatic nitrogens is 1. The van der Waals surface area contributed by atoms with Gasteiger partial charge in [0.15, 0.2) is 5.96 Å². The van der Waals surface area contributed by atoms with E-state index in [9.17, 15) is 0 Å². The molecule has 0 aliphatic heterocycles. The molecule has 2 aromatic rings. The molecule has 28 heavy (non-hydrogen) atoms. The van der Waals surface area contributed by atoms with E-state index in [1.165, 1.54) is 0 Å². The van der Waals surface area contributed by atoms with Crippen LogP contribution in [0.15, 0.2) is 47.6 Å². The number of aliphatic imine (C=N–C) groups is 1. The lowest BCUT2D eigenvalue weighted by Gasteiger charge is -2.12. The Morgan fingerprint density at radius 1 is 1.00 bits per heavy atom. The summed E-state index contributed by atoms with van der Waals surface area (Å²) in [5.41, 5.74) is 2.16. The van der Waals surface area contributed by atoms with Crippen molar-refractivity contribution in [1.29, 1.82) is 0 Å². The highest BCUT2D eigenvalue weighted by atomic mass is 127. The third kappa shape index (κ3) is 8.75. The maximum atomic E-state index is 5.46. The van der Waals surface area contributed by atoms with Gasteiger partial charge >= 0.3 is 0 Å². The first kappa shape index (κ1) is 24.0. The molecule has 0 spiro atoms. The van der Waals surface area contributed by atoms with Crippen molar-refractivity contribution in [3.05, 3.63) is 53.7 Å². The molecule has 2 N–H and O–H groups in total. The fourth-order valence-electron chi connectivity index (χ4n) is 2.26. The summed E-state index contributed by atoms with van der Waals surface area (Å²) in [7, 11) is 3.30. The number of guanidine groups is 1. The summed E-state index contributed by atoms with van der Waals surface area (Å²) in [4.78, 5) is 8.89. The number of hydrogen-bond acceptors (Lipinski definition) is 5. The van der Waals surface area contributed by atoms with Crippen LogP contribution in [0.25, 0.3) is 0 Å². The van der Waals surface area contributed by atoms with Crippen LogP contribution in [-0.2, 0) is 17.8 Å². The molecule has 0 saturated heterocycles. The summed E-state index contributed by atoms with van der Waals surface area (Å²) in [6.07, 6.45) is 1.78. The zero-order chi connectivity index (χ0) is 19.3. The van der Waals surface area contributed by atoms with Gasteiger partial charge in [-0.25, -0.2) is 9.98 Å². The number of nitrogens with zero attached hydrogens (tertiary/aromatic N) is 2. The number of halogens is 1. The molecular formula is C20H29IN4O3. The maximum absolute atomic E-state index is 5.46. The van der Waals surface area contributed by atoms with Crippen LogP contribution in [0, 0.1) is 0 Å². The number of rotatable bonds is 10. The highest BCUT2D eigenvalue weighted by Crippen LogP contribution is 2.11. The summed E-state index contributed by atoms with van der Waals surface area (Å²) < 4.78 is 15.6. The average molecular weight is 500 g/mol. The highest BCUT2D eigenvalue weighted by molar-refractivity contribution is 14.0. The molecule has 1 aromatic heterocycles. The highest BCUT2D eigenvalue weighted by Gasteiger charge is 2.01. The van der Waals surface area contributed by atoms with Crippen LogP contribution in [0.2, 0.25) is 0 Å². The number of benzene rings is 1. The second-order valence-electron chi connectivity index (χ2n) is 5.74. The fourth-order valence-corrected chi connectivity index (χ4v) is 2.26.